The summed E-state index contributed by atoms with van der Waals surface area (Å²) in [4.78, 5) is 31.3. The van der Waals surface area contributed by atoms with E-state index in [4.69, 9.17) is 9.15 Å². The summed E-state index contributed by atoms with van der Waals surface area (Å²) in [5, 5.41) is 0. The van der Waals surface area contributed by atoms with E-state index in [1.807, 2.05) is 31.2 Å². The first-order valence-corrected chi connectivity index (χ1v) is 11.0. The van der Waals surface area contributed by atoms with Crippen LogP contribution in [0.15, 0.2) is 66.5 Å². The van der Waals surface area contributed by atoms with E-state index in [1.54, 1.807) is 36.6 Å². The number of ether oxygens (including phenoxy) is 1. The van der Waals surface area contributed by atoms with Crippen LogP contribution in [0.3, 0.4) is 0 Å². The van der Waals surface area contributed by atoms with Crippen LogP contribution in [-0.2, 0) is 9.53 Å². The van der Waals surface area contributed by atoms with E-state index in [0.29, 0.717) is 31.0 Å². The Hall–Kier alpha value is -2.71. The van der Waals surface area contributed by atoms with Gasteiger partial charge in [0.2, 0.25) is 0 Å². The first-order valence-electron chi connectivity index (χ1n) is 9.40. The van der Waals surface area contributed by atoms with Gasteiger partial charge in [0.1, 0.15) is 5.76 Å². The van der Waals surface area contributed by atoms with E-state index in [-0.39, 0.29) is 12.2 Å². The van der Waals surface area contributed by atoms with Crippen molar-refractivity contribution >= 4 is 39.3 Å². The highest BCUT2D eigenvalue weighted by molar-refractivity contribution is 9.10. The molecule has 0 N–H and O–H groups in total. The van der Waals surface area contributed by atoms with Crippen molar-refractivity contribution in [1.29, 1.82) is 0 Å². The molecule has 0 spiro atoms. The summed E-state index contributed by atoms with van der Waals surface area (Å²) in [6.45, 7) is 5.76. The number of hydrogen-bond acceptors (Lipinski definition) is 6. The number of rotatable bonds is 4. The molecule has 0 fully saturated rings. The fourth-order valence-corrected chi connectivity index (χ4v) is 4.74. The molecule has 6 nitrogen and oxygen atoms in total. The minimum Gasteiger partial charge on any atom is -0.463 e. The number of aryl methyl sites for hydroxylation is 1. The van der Waals surface area contributed by atoms with Crippen molar-refractivity contribution in [3.8, 4) is 0 Å². The Morgan fingerprint density at radius 2 is 2.00 bits per heavy atom. The summed E-state index contributed by atoms with van der Waals surface area (Å²) in [5.41, 5.74) is 2.61. The van der Waals surface area contributed by atoms with Gasteiger partial charge in [-0.05, 0) is 54.4 Å². The smallest absolute Gasteiger partial charge is 0.338 e. The second kappa shape index (κ2) is 8.20. The molecule has 1 aliphatic rings. The van der Waals surface area contributed by atoms with Gasteiger partial charge in [0, 0.05) is 6.08 Å². The van der Waals surface area contributed by atoms with Gasteiger partial charge >= 0.3 is 5.97 Å². The molecular weight excluding hydrogens is 468 g/mol. The van der Waals surface area contributed by atoms with Gasteiger partial charge in [-0.15, -0.1) is 0 Å². The van der Waals surface area contributed by atoms with Gasteiger partial charge in [-0.3, -0.25) is 9.36 Å². The van der Waals surface area contributed by atoms with Crippen LogP contribution in [0.2, 0.25) is 0 Å². The standard InChI is InChI=1S/C22H19BrN2O4S/c1-4-28-21(27)18-13(3)24-22-25(19(18)14-7-5-12(2)6-8-14)20(26)16(30-22)11-15-9-10-17(23)29-15/h5-11,19H,4H2,1-3H3. The number of halogens is 1. The SMILES string of the molecule is CCOC(=O)C1=C(C)N=c2sc(=Cc3ccc(Br)o3)c(=O)n2C1c1ccc(C)cc1. The van der Waals surface area contributed by atoms with Gasteiger partial charge in [0.25, 0.3) is 5.56 Å². The van der Waals surface area contributed by atoms with Gasteiger partial charge in [-0.25, -0.2) is 9.79 Å². The molecule has 0 saturated carbocycles. The van der Waals surface area contributed by atoms with Gasteiger partial charge in [-0.2, -0.15) is 0 Å². The molecule has 8 heteroatoms. The molecule has 1 unspecified atom stereocenters. The maximum Gasteiger partial charge on any atom is 0.338 e. The summed E-state index contributed by atoms with van der Waals surface area (Å²) in [7, 11) is 0. The Morgan fingerprint density at radius 3 is 2.63 bits per heavy atom. The lowest BCUT2D eigenvalue weighted by Crippen LogP contribution is -2.39. The third-order valence-electron chi connectivity index (χ3n) is 4.78. The third kappa shape index (κ3) is 3.73. The maximum absolute atomic E-state index is 13.4. The molecule has 1 aliphatic heterocycles. The summed E-state index contributed by atoms with van der Waals surface area (Å²) in [6.07, 6.45) is 1.68. The molecule has 0 amide bonds. The molecule has 3 heterocycles. The normalized spacial score (nSPS) is 16.4. The quantitative estimate of drug-likeness (QED) is 0.529. The van der Waals surface area contributed by atoms with Gasteiger partial charge in [0.05, 0.1) is 28.5 Å². The minimum absolute atomic E-state index is 0.230. The number of aromatic nitrogens is 1. The highest BCUT2D eigenvalue weighted by atomic mass is 79.9. The number of fused-ring (bicyclic) bond motifs is 1. The molecule has 0 bridgehead atoms. The van der Waals surface area contributed by atoms with Gasteiger partial charge < -0.3 is 9.15 Å². The van der Waals surface area contributed by atoms with Crippen LogP contribution in [-0.4, -0.2) is 17.1 Å². The predicted molar refractivity (Wildman–Crippen MR) is 118 cm³/mol. The average Bonchev–Trinajstić information content (AvgIpc) is 3.24. The Balaban J connectivity index is 1.96. The Kier molecular flexibility index (Phi) is 5.62. The van der Waals surface area contributed by atoms with E-state index in [9.17, 15) is 9.59 Å². The molecule has 0 saturated heterocycles. The van der Waals surface area contributed by atoms with Crippen molar-refractivity contribution in [3.63, 3.8) is 0 Å². The highest BCUT2D eigenvalue weighted by Crippen LogP contribution is 2.30. The van der Waals surface area contributed by atoms with Crippen LogP contribution in [0, 0.1) is 6.92 Å². The highest BCUT2D eigenvalue weighted by Gasteiger charge is 2.33. The van der Waals surface area contributed by atoms with Crippen LogP contribution in [0.1, 0.15) is 36.8 Å². The molecule has 3 aromatic rings. The van der Waals surface area contributed by atoms with E-state index < -0.39 is 12.0 Å². The first-order chi connectivity index (χ1) is 14.4. The zero-order chi connectivity index (χ0) is 21.4. The van der Waals surface area contributed by atoms with Crippen molar-refractivity contribution in [2.24, 2.45) is 4.99 Å². The Labute approximate surface area is 185 Å². The number of furan rings is 1. The number of allylic oxidation sites excluding steroid dienone is 1. The molecule has 0 radical (unpaired) electrons. The van der Waals surface area contributed by atoms with Crippen LogP contribution in [0.25, 0.3) is 6.08 Å². The fourth-order valence-electron chi connectivity index (χ4n) is 3.39. The number of esters is 1. The third-order valence-corrected chi connectivity index (χ3v) is 6.19. The largest absolute Gasteiger partial charge is 0.463 e. The fraction of sp³-hybridized carbons (Fsp3) is 0.227. The van der Waals surface area contributed by atoms with Crippen LogP contribution < -0.4 is 14.9 Å². The second-order valence-corrected chi connectivity index (χ2v) is 8.65. The molecule has 30 heavy (non-hydrogen) atoms. The maximum atomic E-state index is 13.4. The Morgan fingerprint density at radius 1 is 1.27 bits per heavy atom. The summed E-state index contributed by atoms with van der Waals surface area (Å²) in [5.74, 6) is 0.0916. The lowest BCUT2D eigenvalue weighted by Gasteiger charge is -2.24. The number of carbonyl (C=O) groups is 1. The number of nitrogens with zero attached hydrogens (tertiary/aromatic N) is 2. The summed E-state index contributed by atoms with van der Waals surface area (Å²) < 4.78 is 13.4. The monoisotopic (exact) mass is 486 g/mol. The van der Waals surface area contributed by atoms with Crippen molar-refractivity contribution < 1.29 is 13.9 Å². The number of carbonyl (C=O) groups excluding carboxylic acids is 1. The molecule has 154 valence electrons. The number of thiazole rings is 1. The molecule has 0 aliphatic carbocycles. The van der Waals surface area contributed by atoms with E-state index in [2.05, 4.69) is 20.9 Å². The van der Waals surface area contributed by atoms with Crippen molar-refractivity contribution in [1.82, 2.24) is 4.57 Å². The zero-order valence-corrected chi connectivity index (χ0v) is 19.0. The molecule has 1 aromatic carbocycles. The van der Waals surface area contributed by atoms with Crippen molar-refractivity contribution in [2.75, 3.05) is 6.61 Å². The first kappa shape index (κ1) is 20.6. The number of benzene rings is 1. The predicted octanol–water partition coefficient (Wildman–Crippen LogP) is 3.46. The van der Waals surface area contributed by atoms with E-state index >= 15 is 0 Å². The van der Waals surface area contributed by atoms with Crippen LogP contribution >= 0.6 is 27.3 Å². The van der Waals surface area contributed by atoms with Crippen molar-refractivity contribution in [3.05, 3.63) is 88.9 Å². The van der Waals surface area contributed by atoms with Gasteiger partial charge in [0.15, 0.2) is 9.47 Å². The summed E-state index contributed by atoms with van der Waals surface area (Å²) >= 11 is 4.54. The lowest BCUT2D eigenvalue weighted by molar-refractivity contribution is -0.139. The van der Waals surface area contributed by atoms with Crippen molar-refractivity contribution in [2.45, 2.75) is 26.8 Å². The second-order valence-electron chi connectivity index (χ2n) is 6.85. The molecule has 1 atom stereocenters. The van der Waals surface area contributed by atoms with Gasteiger partial charge in [-0.1, -0.05) is 41.2 Å². The zero-order valence-electron chi connectivity index (χ0n) is 16.6. The molecular formula is C22H19BrN2O4S. The van der Waals surface area contributed by atoms with E-state index in [1.165, 1.54) is 11.3 Å². The lowest BCUT2D eigenvalue weighted by atomic mass is 9.95. The Bertz CT molecular complexity index is 1330. The average molecular weight is 487 g/mol. The number of hydrogen-bond donors (Lipinski definition) is 0. The van der Waals surface area contributed by atoms with Crippen LogP contribution in [0.4, 0.5) is 0 Å². The minimum atomic E-state index is -0.605. The van der Waals surface area contributed by atoms with E-state index in [0.717, 1.165) is 11.1 Å². The topological polar surface area (TPSA) is 73.8 Å². The molecule has 2 aromatic heterocycles. The summed E-state index contributed by atoms with van der Waals surface area (Å²) in [6, 6.07) is 10.7. The van der Waals surface area contributed by atoms with Crippen LogP contribution in [0.5, 0.6) is 0 Å². The molecule has 4 rings (SSSR count).